The quantitative estimate of drug-likeness (QED) is 0.836. The molecule has 1 saturated heterocycles. The van der Waals surface area contributed by atoms with Crippen molar-refractivity contribution >= 4 is 17.3 Å². The van der Waals surface area contributed by atoms with Crippen molar-refractivity contribution in [1.82, 2.24) is 10.2 Å². The predicted molar refractivity (Wildman–Crippen MR) is 80.4 cm³/mol. The summed E-state index contributed by atoms with van der Waals surface area (Å²) in [5.74, 6) is 0.749. The minimum atomic E-state index is 0.453. The zero-order valence-electron chi connectivity index (χ0n) is 11.2. The Morgan fingerprint density at radius 3 is 2.63 bits per heavy atom. The molecule has 1 aliphatic carbocycles. The molecule has 0 spiro atoms. The van der Waals surface area contributed by atoms with Crippen LogP contribution in [0.5, 0.6) is 0 Å². The van der Waals surface area contributed by atoms with Crippen LogP contribution in [-0.2, 0) is 0 Å². The monoisotopic (exact) mass is 279 g/mol. The molecule has 0 radical (unpaired) electrons. The van der Waals surface area contributed by atoms with Crippen LogP contribution in [0.4, 0.5) is 5.69 Å². The van der Waals surface area contributed by atoms with Crippen molar-refractivity contribution < 1.29 is 0 Å². The first-order valence-electron chi connectivity index (χ1n) is 7.25. The Kier molecular flexibility index (Phi) is 3.96. The number of benzene rings is 1. The normalized spacial score (nSPS) is 23.0. The summed E-state index contributed by atoms with van der Waals surface area (Å²) < 4.78 is 0. The highest BCUT2D eigenvalue weighted by Crippen LogP contribution is 2.43. The lowest BCUT2D eigenvalue weighted by atomic mass is 9.76. The van der Waals surface area contributed by atoms with E-state index in [1.165, 1.54) is 24.8 Å². The minimum absolute atomic E-state index is 0.453. The van der Waals surface area contributed by atoms with Gasteiger partial charge in [0, 0.05) is 42.9 Å². The molecule has 0 aromatic heterocycles. The molecule has 1 aromatic rings. The van der Waals surface area contributed by atoms with Gasteiger partial charge in [-0.25, -0.2) is 0 Å². The summed E-state index contributed by atoms with van der Waals surface area (Å²) in [4.78, 5) is 2.59. The first-order valence-corrected chi connectivity index (χ1v) is 7.63. The molecule has 4 heteroatoms. The maximum absolute atomic E-state index is 6.21. The van der Waals surface area contributed by atoms with E-state index in [-0.39, 0.29) is 0 Å². The lowest BCUT2D eigenvalue weighted by molar-refractivity contribution is 0.0842. The van der Waals surface area contributed by atoms with Crippen LogP contribution in [-0.4, -0.2) is 31.1 Å². The van der Waals surface area contributed by atoms with Gasteiger partial charge < -0.3 is 11.1 Å². The van der Waals surface area contributed by atoms with Gasteiger partial charge in [-0.3, -0.25) is 4.90 Å². The number of anilines is 1. The highest BCUT2D eigenvalue weighted by Gasteiger charge is 2.34. The number of rotatable bonds is 3. The van der Waals surface area contributed by atoms with Gasteiger partial charge in [0.15, 0.2) is 0 Å². The van der Waals surface area contributed by atoms with Crippen molar-refractivity contribution in [2.24, 2.45) is 5.92 Å². The number of nitrogens with one attached hydrogen (secondary N) is 1. The average molecular weight is 280 g/mol. The molecule has 3 rings (SSSR count). The summed E-state index contributed by atoms with van der Waals surface area (Å²) in [7, 11) is 0. The molecule has 1 atom stereocenters. The topological polar surface area (TPSA) is 41.3 Å². The number of piperazine rings is 1. The summed E-state index contributed by atoms with van der Waals surface area (Å²) in [6.45, 7) is 4.35. The minimum Gasteiger partial charge on any atom is -0.398 e. The van der Waals surface area contributed by atoms with E-state index in [4.69, 9.17) is 17.3 Å². The highest BCUT2D eigenvalue weighted by molar-refractivity contribution is 6.30. The van der Waals surface area contributed by atoms with Crippen LogP contribution < -0.4 is 11.1 Å². The summed E-state index contributed by atoms with van der Waals surface area (Å²) in [5, 5.41) is 4.22. The molecular formula is C15H22ClN3. The number of nitrogens with two attached hydrogens (primary N) is 1. The fraction of sp³-hybridized carbons (Fsp3) is 0.600. The van der Waals surface area contributed by atoms with Crippen LogP contribution in [0.1, 0.15) is 30.9 Å². The standard InChI is InChI=1S/C15H22ClN3/c16-12-4-5-14(17)13(10-12)15(11-2-1-3-11)19-8-6-18-7-9-19/h4-5,10-11,15,18H,1-3,6-9,17H2/t15-/m1/s1. The zero-order chi connectivity index (χ0) is 13.2. The fourth-order valence-corrected chi connectivity index (χ4v) is 3.45. The predicted octanol–water partition coefficient (Wildman–Crippen LogP) is 2.67. The van der Waals surface area contributed by atoms with E-state index >= 15 is 0 Å². The second-order valence-electron chi connectivity index (χ2n) is 5.70. The van der Waals surface area contributed by atoms with E-state index < -0.39 is 0 Å². The molecule has 1 saturated carbocycles. The number of hydrogen-bond donors (Lipinski definition) is 2. The fourth-order valence-electron chi connectivity index (χ4n) is 3.27. The van der Waals surface area contributed by atoms with E-state index in [9.17, 15) is 0 Å². The molecule has 0 bridgehead atoms. The second-order valence-corrected chi connectivity index (χ2v) is 6.13. The van der Waals surface area contributed by atoms with Gasteiger partial charge in [0.2, 0.25) is 0 Å². The van der Waals surface area contributed by atoms with E-state index in [0.717, 1.165) is 42.8 Å². The molecule has 2 aliphatic rings. The Morgan fingerprint density at radius 1 is 1.26 bits per heavy atom. The molecule has 1 aliphatic heterocycles. The van der Waals surface area contributed by atoms with Gasteiger partial charge in [-0.05, 0) is 42.5 Å². The number of hydrogen-bond acceptors (Lipinski definition) is 3. The third-order valence-electron chi connectivity index (χ3n) is 4.51. The first-order chi connectivity index (χ1) is 9.25. The SMILES string of the molecule is Nc1ccc(Cl)cc1[C@@H](C1CCC1)N1CCNCC1. The second kappa shape index (κ2) is 5.70. The Bertz CT molecular complexity index is 439. The van der Waals surface area contributed by atoms with Crippen LogP contribution in [0.3, 0.4) is 0 Å². The summed E-state index contributed by atoms with van der Waals surface area (Å²) in [6.07, 6.45) is 3.99. The third-order valence-corrected chi connectivity index (χ3v) is 4.74. The first kappa shape index (κ1) is 13.2. The van der Waals surface area contributed by atoms with E-state index in [1.54, 1.807) is 0 Å². The summed E-state index contributed by atoms with van der Waals surface area (Å²) in [5.41, 5.74) is 8.34. The van der Waals surface area contributed by atoms with E-state index in [2.05, 4.69) is 16.3 Å². The van der Waals surface area contributed by atoms with E-state index in [0.29, 0.717) is 6.04 Å². The van der Waals surface area contributed by atoms with Crippen molar-refractivity contribution in [3.8, 4) is 0 Å². The molecule has 3 nitrogen and oxygen atoms in total. The maximum atomic E-state index is 6.21. The molecule has 1 aromatic carbocycles. The van der Waals surface area contributed by atoms with Gasteiger partial charge in [0.25, 0.3) is 0 Å². The van der Waals surface area contributed by atoms with Crippen LogP contribution in [0, 0.1) is 5.92 Å². The lowest BCUT2D eigenvalue weighted by Crippen LogP contribution is -2.48. The maximum Gasteiger partial charge on any atom is 0.0410 e. The summed E-state index contributed by atoms with van der Waals surface area (Å²) >= 11 is 6.18. The van der Waals surface area contributed by atoms with Crippen LogP contribution in [0.2, 0.25) is 5.02 Å². The van der Waals surface area contributed by atoms with Crippen LogP contribution >= 0.6 is 11.6 Å². The average Bonchev–Trinajstić information content (AvgIpc) is 2.38. The Hall–Kier alpha value is -0.770. The molecular weight excluding hydrogens is 258 g/mol. The van der Waals surface area contributed by atoms with Crippen LogP contribution in [0.15, 0.2) is 18.2 Å². The van der Waals surface area contributed by atoms with Gasteiger partial charge in [0.1, 0.15) is 0 Å². The molecule has 104 valence electrons. The lowest BCUT2D eigenvalue weighted by Gasteiger charge is -2.43. The Morgan fingerprint density at radius 2 is 2.00 bits per heavy atom. The van der Waals surface area contributed by atoms with Gasteiger partial charge >= 0.3 is 0 Å². The van der Waals surface area contributed by atoms with Gasteiger partial charge in [-0.1, -0.05) is 18.0 Å². The van der Waals surface area contributed by atoms with Gasteiger partial charge in [0.05, 0.1) is 0 Å². The molecule has 0 unspecified atom stereocenters. The van der Waals surface area contributed by atoms with Crippen molar-refractivity contribution in [3.63, 3.8) is 0 Å². The molecule has 2 fully saturated rings. The zero-order valence-corrected chi connectivity index (χ0v) is 12.0. The number of nitrogens with zero attached hydrogens (tertiary/aromatic N) is 1. The molecule has 0 amide bonds. The Labute approximate surface area is 120 Å². The smallest absolute Gasteiger partial charge is 0.0410 e. The largest absolute Gasteiger partial charge is 0.398 e. The van der Waals surface area contributed by atoms with Crippen molar-refractivity contribution in [2.75, 3.05) is 31.9 Å². The van der Waals surface area contributed by atoms with Gasteiger partial charge in [-0.15, -0.1) is 0 Å². The van der Waals surface area contributed by atoms with Crippen LogP contribution in [0.25, 0.3) is 0 Å². The third kappa shape index (κ3) is 2.73. The Balaban J connectivity index is 1.90. The number of nitrogen functional groups attached to an aromatic ring is 1. The van der Waals surface area contributed by atoms with E-state index in [1.807, 2.05) is 12.1 Å². The van der Waals surface area contributed by atoms with Crippen molar-refractivity contribution in [3.05, 3.63) is 28.8 Å². The number of halogens is 1. The molecule has 3 N–H and O–H groups in total. The highest BCUT2D eigenvalue weighted by atomic mass is 35.5. The molecule has 1 heterocycles. The molecule has 19 heavy (non-hydrogen) atoms. The van der Waals surface area contributed by atoms with Crippen molar-refractivity contribution in [1.29, 1.82) is 0 Å². The van der Waals surface area contributed by atoms with Crippen molar-refractivity contribution in [2.45, 2.75) is 25.3 Å². The van der Waals surface area contributed by atoms with Gasteiger partial charge in [-0.2, -0.15) is 0 Å². The summed E-state index contributed by atoms with van der Waals surface area (Å²) in [6, 6.07) is 6.36.